The normalized spacial score (nSPS) is 19.6. The third-order valence-electron chi connectivity index (χ3n) is 2.93. The standard InChI is InChI=1S/C12H11ClF4N2O/c13-8-5-7(14)1-2-9(8)18-10-3-4-19(11(10)20)6-12(15,16)17/h1-2,5,10,18H,3-4,6H2/t10-/m1/s1. The average Bonchev–Trinajstić information content (AvgIpc) is 2.63. The summed E-state index contributed by atoms with van der Waals surface area (Å²) in [4.78, 5) is 12.6. The van der Waals surface area contributed by atoms with E-state index in [-0.39, 0.29) is 18.0 Å². The Kier molecular flexibility index (Phi) is 4.08. The lowest BCUT2D eigenvalue weighted by molar-refractivity contribution is -0.157. The van der Waals surface area contributed by atoms with Gasteiger partial charge in [-0.25, -0.2) is 4.39 Å². The Hall–Kier alpha value is -1.50. The maximum atomic E-state index is 12.9. The molecule has 1 aliphatic rings. The van der Waals surface area contributed by atoms with Crippen molar-refractivity contribution in [2.24, 2.45) is 0 Å². The molecule has 1 fully saturated rings. The van der Waals surface area contributed by atoms with E-state index in [1.54, 1.807) is 0 Å². The predicted octanol–water partition coefficient (Wildman–Crippen LogP) is 3.05. The van der Waals surface area contributed by atoms with E-state index >= 15 is 0 Å². The highest BCUT2D eigenvalue weighted by Gasteiger charge is 2.39. The molecule has 0 bridgehead atoms. The zero-order valence-electron chi connectivity index (χ0n) is 10.2. The summed E-state index contributed by atoms with van der Waals surface area (Å²) in [6, 6.07) is 2.79. The zero-order chi connectivity index (χ0) is 14.9. The van der Waals surface area contributed by atoms with Crippen LogP contribution >= 0.6 is 11.6 Å². The molecule has 1 atom stereocenters. The van der Waals surface area contributed by atoms with E-state index in [9.17, 15) is 22.4 Å². The molecule has 110 valence electrons. The number of carbonyl (C=O) groups is 1. The number of halogens is 5. The minimum Gasteiger partial charge on any atom is -0.372 e. The fourth-order valence-corrected chi connectivity index (χ4v) is 2.26. The fraction of sp³-hybridized carbons (Fsp3) is 0.417. The van der Waals surface area contributed by atoms with Crippen molar-refractivity contribution in [1.29, 1.82) is 0 Å². The average molecular weight is 311 g/mol. The van der Waals surface area contributed by atoms with Gasteiger partial charge in [0.1, 0.15) is 18.4 Å². The Morgan fingerprint density at radius 1 is 1.40 bits per heavy atom. The van der Waals surface area contributed by atoms with Gasteiger partial charge < -0.3 is 10.2 Å². The zero-order valence-corrected chi connectivity index (χ0v) is 10.9. The van der Waals surface area contributed by atoms with Crippen molar-refractivity contribution in [1.82, 2.24) is 4.90 Å². The first-order chi connectivity index (χ1) is 9.26. The van der Waals surface area contributed by atoms with E-state index in [2.05, 4.69) is 5.32 Å². The fourth-order valence-electron chi connectivity index (χ4n) is 2.04. The van der Waals surface area contributed by atoms with E-state index in [1.807, 2.05) is 0 Å². The number of hydrogen-bond donors (Lipinski definition) is 1. The second kappa shape index (κ2) is 5.47. The summed E-state index contributed by atoms with van der Waals surface area (Å²) in [6.45, 7) is -1.24. The quantitative estimate of drug-likeness (QED) is 0.870. The van der Waals surface area contributed by atoms with Crippen molar-refractivity contribution in [3.8, 4) is 0 Å². The molecule has 1 N–H and O–H groups in total. The Morgan fingerprint density at radius 3 is 2.70 bits per heavy atom. The first-order valence-electron chi connectivity index (χ1n) is 5.83. The molecule has 1 aromatic rings. The van der Waals surface area contributed by atoms with E-state index in [4.69, 9.17) is 11.6 Å². The highest BCUT2D eigenvalue weighted by Crippen LogP contribution is 2.27. The van der Waals surface area contributed by atoms with Gasteiger partial charge in [0.2, 0.25) is 5.91 Å². The van der Waals surface area contributed by atoms with Crippen LogP contribution in [0.1, 0.15) is 6.42 Å². The van der Waals surface area contributed by atoms with Crippen LogP contribution < -0.4 is 5.32 Å². The summed E-state index contributed by atoms with van der Waals surface area (Å²) in [5.41, 5.74) is 0.320. The van der Waals surface area contributed by atoms with Crippen LogP contribution in [-0.4, -0.2) is 36.1 Å². The number of amides is 1. The number of anilines is 1. The molecular formula is C12H11ClF4N2O. The number of alkyl halides is 3. The van der Waals surface area contributed by atoms with Gasteiger partial charge in [-0.3, -0.25) is 4.79 Å². The van der Waals surface area contributed by atoms with Crippen molar-refractivity contribution in [2.45, 2.75) is 18.6 Å². The first-order valence-corrected chi connectivity index (χ1v) is 6.21. The van der Waals surface area contributed by atoms with Gasteiger partial charge >= 0.3 is 6.18 Å². The molecular weight excluding hydrogens is 300 g/mol. The van der Waals surface area contributed by atoms with E-state index < -0.39 is 30.5 Å². The summed E-state index contributed by atoms with van der Waals surface area (Å²) >= 11 is 5.79. The number of carbonyl (C=O) groups excluding carboxylic acids is 1. The third kappa shape index (κ3) is 3.53. The van der Waals surface area contributed by atoms with Crippen LogP contribution in [0.4, 0.5) is 23.2 Å². The summed E-state index contributed by atoms with van der Waals surface area (Å²) in [7, 11) is 0. The maximum absolute atomic E-state index is 12.9. The molecule has 8 heteroatoms. The predicted molar refractivity (Wildman–Crippen MR) is 66.1 cm³/mol. The Balaban J connectivity index is 2.03. The molecule has 0 aromatic heterocycles. The number of nitrogens with one attached hydrogen (secondary N) is 1. The smallest absolute Gasteiger partial charge is 0.372 e. The molecule has 0 unspecified atom stereocenters. The second-order valence-electron chi connectivity index (χ2n) is 4.48. The summed E-state index contributed by atoms with van der Waals surface area (Å²) < 4.78 is 49.7. The topological polar surface area (TPSA) is 32.3 Å². The van der Waals surface area contributed by atoms with Crippen LogP contribution in [0, 0.1) is 5.82 Å². The van der Waals surface area contributed by atoms with Gasteiger partial charge in [-0.15, -0.1) is 0 Å². The molecule has 1 aromatic carbocycles. The van der Waals surface area contributed by atoms with E-state index in [0.717, 1.165) is 17.0 Å². The number of hydrogen-bond acceptors (Lipinski definition) is 2. The minimum atomic E-state index is -4.42. The van der Waals surface area contributed by atoms with Crippen molar-refractivity contribution in [2.75, 3.05) is 18.4 Å². The van der Waals surface area contributed by atoms with Gasteiger partial charge in [-0.05, 0) is 24.6 Å². The Labute approximate surface area is 117 Å². The van der Waals surface area contributed by atoms with Crippen LogP contribution in [0.3, 0.4) is 0 Å². The molecule has 0 spiro atoms. The van der Waals surface area contributed by atoms with E-state index in [0.29, 0.717) is 5.69 Å². The molecule has 2 rings (SSSR count). The first kappa shape index (κ1) is 14.9. The SMILES string of the molecule is O=C1[C@H](Nc2ccc(F)cc2Cl)CCN1CC(F)(F)F. The van der Waals surface area contributed by atoms with Crippen molar-refractivity contribution in [3.05, 3.63) is 29.0 Å². The molecule has 1 amide bonds. The lowest BCUT2D eigenvalue weighted by Gasteiger charge is -2.19. The van der Waals surface area contributed by atoms with Crippen LogP contribution in [0.25, 0.3) is 0 Å². The Morgan fingerprint density at radius 2 is 2.10 bits per heavy atom. The van der Waals surface area contributed by atoms with Gasteiger partial charge in [0.25, 0.3) is 0 Å². The van der Waals surface area contributed by atoms with Gasteiger partial charge in [-0.2, -0.15) is 13.2 Å². The third-order valence-corrected chi connectivity index (χ3v) is 3.24. The van der Waals surface area contributed by atoms with Crippen molar-refractivity contribution < 1.29 is 22.4 Å². The van der Waals surface area contributed by atoms with Crippen LogP contribution in [0.5, 0.6) is 0 Å². The van der Waals surface area contributed by atoms with Gasteiger partial charge in [0.15, 0.2) is 0 Å². The number of rotatable bonds is 3. The van der Waals surface area contributed by atoms with Crippen LogP contribution in [0.15, 0.2) is 18.2 Å². The monoisotopic (exact) mass is 310 g/mol. The van der Waals surface area contributed by atoms with Gasteiger partial charge in [-0.1, -0.05) is 11.6 Å². The highest BCUT2D eigenvalue weighted by molar-refractivity contribution is 6.33. The lowest BCUT2D eigenvalue weighted by atomic mass is 10.2. The molecule has 0 radical (unpaired) electrons. The molecule has 3 nitrogen and oxygen atoms in total. The number of nitrogens with zero attached hydrogens (tertiary/aromatic N) is 1. The maximum Gasteiger partial charge on any atom is 0.406 e. The molecule has 0 aliphatic carbocycles. The second-order valence-corrected chi connectivity index (χ2v) is 4.89. The number of benzene rings is 1. The molecule has 20 heavy (non-hydrogen) atoms. The van der Waals surface area contributed by atoms with Crippen LogP contribution in [-0.2, 0) is 4.79 Å². The minimum absolute atomic E-state index is 0.0226. The van der Waals surface area contributed by atoms with Crippen molar-refractivity contribution >= 4 is 23.2 Å². The van der Waals surface area contributed by atoms with Crippen molar-refractivity contribution in [3.63, 3.8) is 0 Å². The molecule has 1 aliphatic heterocycles. The number of likely N-dealkylation sites (tertiary alicyclic amines) is 1. The molecule has 0 saturated carbocycles. The molecule has 1 saturated heterocycles. The summed E-state index contributed by atoms with van der Waals surface area (Å²) in [5.74, 6) is -1.17. The van der Waals surface area contributed by atoms with Gasteiger partial charge in [0, 0.05) is 6.54 Å². The molecule has 1 heterocycles. The van der Waals surface area contributed by atoms with E-state index in [1.165, 1.54) is 6.07 Å². The largest absolute Gasteiger partial charge is 0.406 e. The van der Waals surface area contributed by atoms with Gasteiger partial charge in [0.05, 0.1) is 10.7 Å². The summed E-state index contributed by atoms with van der Waals surface area (Å²) in [6.07, 6.45) is -4.18. The lowest BCUT2D eigenvalue weighted by Crippen LogP contribution is -2.39. The highest BCUT2D eigenvalue weighted by atomic mass is 35.5. The summed E-state index contributed by atoms with van der Waals surface area (Å²) in [5, 5.41) is 2.82. The Bertz CT molecular complexity index is 521. The van der Waals surface area contributed by atoms with Crippen LogP contribution in [0.2, 0.25) is 5.02 Å².